The Hall–Kier alpha value is -3.50. The van der Waals surface area contributed by atoms with E-state index in [-0.39, 0.29) is 43.4 Å². The lowest BCUT2D eigenvalue weighted by molar-refractivity contribution is -0.153. The molecule has 5 rings (SSSR count). The van der Waals surface area contributed by atoms with Gasteiger partial charge >= 0.3 is 5.97 Å². The summed E-state index contributed by atoms with van der Waals surface area (Å²) in [6.07, 6.45) is 9.96. The number of likely N-dealkylation sites (tertiary alicyclic amines) is 1. The van der Waals surface area contributed by atoms with E-state index in [2.05, 4.69) is 18.5 Å². The molecular formula is C36H49N3O7. The average molecular weight is 636 g/mol. The second kappa shape index (κ2) is 14.9. The number of allylic oxidation sites excluding steroid dienone is 1. The number of rotatable bonds is 15. The van der Waals surface area contributed by atoms with Crippen LogP contribution in [0.4, 0.5) is 0 Å². The number of ether oxygens (including phenoxy) is 2. The minimum Gasteiger partial charge on any atom is -0.463 e. The molecule has 0 radical (unpaired) electrons. The standard InChI is InChI=1S/C36H49N3O7/c1-4-7-18-29(41)45-23-27(24-14-10-8-11-15-24)37-33(42)30-28-19-20-36(46-28)31(30)34(43)39(25(6-3)22-40)32(36)35(44)38(21-5-2)26-16-12-9-13-17-26/h4-5,8,10-11,14-15,25-28,30-32,40H,1-2,6-7,9,12-13,16-23H2,3H3,(H,37,42)/t25-,27+,28+,30-,31-,32+,36-/m0/s1. The molecule has 3 amide bonds. The van der Waals surface area contributed by atoms with Crippen LogP contribution in [0.3, 0.4) is 0 Å². The maximum Gasteiger partial charge on any atom is 0.306 e. The molecule has 1 aliphatic carbocycles. The molecule has 7 atom stereocenters. The SMILES string of the molecule is C=CCCC(=O)OC[C@@H](NC(=O)[C@@H]1[C@H]2C(=O)N([C@@H](CC)CO)[C@H](C(=O)N(CC=C)C3CCCCC3)[C@]23CC[C@H]1O3)c1ccccc1. The first-order valence-electron chi connectivity index (χ1n) is 16.9. The third kappa shape index (κ3) is 6.38. The van der Waals surface area contributed by atoms with Crippen LogP contribution in [0.2, 0.25) is 0 Å². The Labute approximate surface area is 272 Å². The molecule has 10 nitrogen and oxygen atoms in total. The maximum atomic E-state index is 14.7. The fourth-order valence-electron chi connectivity index (χ4n) is 8.23. The van der Waals surface area contributed by atoms with Crippen LogP contribution < -0.4 is 5.32 Å². The van der Waals surface area contributed by atoms with Gasteiger partial charge in [0.15, 0.2) is 0 Å². The second-order valence-electron chi connectivity index (χ2n) is 13.1. The smallest absolute Gasteiger partial charge is 0.306 e. The molecule has 2 N–H and O–H groups in total. The van der Waals surface area contributed by atoms with E-state index in [0.717, 1.165) is 37.7 Å². The van der Waals surface area contributed by atoms with Crippen LogP contribution in [0.25, 0.3) is 0 Å². The van der Waals surface area contributed by atoms with Crippen molar-refractivity contribution < 1.29 is 33.8 Å². The lowest BCUT2D eigenvalue weighted by atomic mass is 9.70. The Balaban J connectivity index is 1.45. The van der Waals surface area contributed by atoms with E-state index in [1.54, 1.807) is 17.1 Å². The maximum absolute atomic E-state index is 14.7. The number of aliphatic hydroxyl groups excluding tert-OH is 1. The van der Waals surface area contributed by atoms with Gasteiger partial charge in [-0.2, -0.15) is 0 Å². The largest absolute Gasteiger partial charge is 0.463 e. The number of benzene rings is 1. The van der Waals surface area contributed by atoms with Crippen LogP contribution >= 0.6 is 0 Å². The zero-order chi connectivity index (χ0) is 32.8. The first-order chi connectivity index (χ1) is 22.3. The summed E-state index contributed by atoms with van der Waals surface area (Å²) in [6, 6.07) is 7.13. The first kappa shape index (κ1) is 33.9. The van der Waals surface area contributed by atoms with Crippen LogP contribution in [0.1, 0.15) is 82.7 Å². The molecule has 3 saturated heterocycles. The minimum atomic E-state index is -1.17. The number of carbonyl (C=O) groups excluding carboxylic acids is 4. The average Bonchev–Trinajstić information content (AvgIpc) is 3.73. The van der Waals surface area contributed by atoms with Crippen molar-refractivity contribution in [1.29, 1.82) is 0 Å². The van der Waals surface area contributed by atoms with E-state index >= 15 is 0 Å². The molecule has 1 saturated carbocycles. The summed E-state index contributed by atoms with van der Waals surface area (Å²) >= 11 is 0. The number of carbonyl (C=O) groups is 4. The highest BCUT2D eigenvalue weighted by Gasteiger charge is 2.75. The molecule has 0 unspecified atom stereocenters. The summed E-state index contributed by atoms with van der Waals surface area (Å²) < 4.78 is 12.2. The van der Waals surface area contributed by atoms with Crippen molar-refractivity contribution >= 4 is 23.7 Å². The lowest BCUT2D eigenvalue weighted by Gasteiger charge is -2.42. The highest BCUT2D eigenvalue weighted by Crippen LogP contribution is 2.59. The predicted octanol–water partition coefficient (Wildman–Crippen LogP) is 3.85. The van der Waals surface area contributed by atoms with Crippen LogP contribution in [0.5, 0.6) is 0 Å². The van der Waals surface area contributed by atoms with E-state index in [1.165, 1.54) is 0 Å². The van der Waals surface area contributed by atoms with Crippen LogP contribution in [-0.4, -0.2) is 88.2 Å². The zero-order valence-electron chi connectivity index (χ0n) is 27.0. The molecule has 0 aromatic heterocycles. The van der Waals surface area contributed by atoms with Crippen molar-refractivity contribution in [3.8, 4) is 0 Å². The third-order valence-electron chi connectivity index (χ3n) is 10.5. The third-order valence-corrected chi connectivity index (χ3v) is 10.5. The Bertz CT molecular complexity index is 1280. The van der Waals surface area contributed by atoms with Gasteiger partial charge in [-0.3, -0.25) is 19.2 Å². The molecule has 4 fully saturated rings. The fraction of sp³-hybridized carbons (Fsp3) is 0.611. The summed E-state index contributed by atoms with van der Waals surface area (Å²) in [5.41, 5.74) is -0.408. The van der Waals surface area contributed by atoms with Gasteiger partial charge in [-0.15, -0.1) is 13.2 Å². The molecule has 46 heavy (non-hydrogen) atoms. The number of aliphatic hydroxyl groups is 1. The van der Waals surface area contributed by atoms with Gasteiger partial charge < -0.3 is 29.7 Å². The van der Waals surface area contributed by atoms with Crippen LogP contribution in [0, 0.1) is 11.8 Å². The summed E-state index contributed by atoms with van der Waals surface area (Å²) in [5, 5.41) is 13.5. The molecule has 1 spiro atoms. The Morgan fingerprint density at radius 3 is 2.54 bits per heavy atom. The molecular weight excluding hydrogens is 586 g/mol. The van der Waals surface area contributed by atoms with Gasteiger partial charge in [0.2, 0.25) is 17.7 Å². The molecule has 250 valence electrons. The van der Waals surface area contributed by atoms with E-state index in [9.17, 15) is 24.3 Å². The summed E-state index contributed by atoms with van der Waals surface area (Å²) in [7, 11) is 0. The highest BCUT2D eigenvalue weighted by molar-refractivity contribution is 5.99. The van der Waals surface area contributed by atoms with Crippen molar-refractivity contribution in [3.63, 3.8) is 0 Å². The van der Waals surface area contributed by atoms with Gasteiger partial charge in [-0.1, -0.05) is 68.7 Å². The molecule has 1 aromatic carbocycles. The fourth-order valence-corrected chi connectivity index (χ4v) is 8.23. The number of hydrogen-bond acceptors (Lipinski definition) is 7. The van der Waals surface area contributed by atoms with Gasteiger partial charge in [0, 0.05) is 19.0 Å². The van der Waals surface area contributed by atoms with E-state index in [4.69, 9.17) is 9.47 Å². The van der Waals surface area contributed by atoms with Crippen molar-refractivity contribution in [1.82, 2.24) is 15.1 Å². The van der Waals surface area contributed by atoms with Crippen molar-refractivity contribution in [2.75, 3.05) is 19.8 Å². The van der Waals surface area contributed by atoms with Crippen molar-refractivity contribution in [3.05, 3.63) is 61.2 Å². The molecule has 3 aliphatic heterocycles. The van der Waals surface area contributed by atoms with Crippen LogP contribution in [-0.2, 0) is 28.7 Å². The van der Waals surface area contributed by atoms with Gasteiger partial charge in [-0.05, 0) is 44.1 Å². The van der Waals surface area contributed by atoms with Gasteiger partial charge in [0.05, 0.1) is 36.6 Å². The number of nitrogens with zero attached hydrogens (tertiary/aromatic N) is 2. The molecule has 1 aromatic rings. The monoisotopic (exact) mass is 635 g/mol. The van der Waals surface area contributed by atoms with Gasteiger partial charge in [0.25, 0.3) is 0 Å². The zero-order valence-corrected chi connectivity index (χ0v) is 27.0. The lowest BCUT2D eigenvalue weighted by Crippen LogP contribution is -2.60. The van der Waals surface area contributed by atoms with Gasteiger partial charge in [-0.25, -0.2) is 0 Å². The number of fused-ring (bicyclic) bond motifs is 1. The van der Waals surface area contributed by atoms with Crippen LogP contribution in [0.15, 0.2) is 55.6 Å². The minimum absolute atomic E-state index is 0.0411. The number of hydrogen-bond donors (Lipinski definition) is 2. The van der Waals surface area contributed by atoms with Crippen molar-refractivity contribution in [2.45, 2.75) is 107 Å². The molecule has 10 heteroatoms. The first-order valence-corrected chi connectivity index (χ1v) is 16.9. The van der Waals surface area contributed by atoms with Gasteiger partial charge in [0.1, 0.15) is 18.2 Å². The Kier molecular flexibility index (Phi) is 11.0. The number of nitrogens with one attached hydrogen (secondary N) is 1. The molecule has 2 bridgehead atoms. The molecule has 4 aliphatic rings. The Morgan fingerprint density at radius 2 is 1.89 bits per heavy atom. The Morgan fingerprint density at radius 1 is 1.15 bits per heavy atom. The van der Waals surface area contributed by atoms with Crippen molar-refractivity contribution in [2.24, 2.45) is 11.8 Å². The van der Waals surface area contributed by atoms with E-state index in [1.807, 2.05) is 42.2 Å². The predicted molar refractivity (Wildman–Crippen MR) is 172 cm³/mol. The summed E-state index contributed by atoms with van der Waals surface area (Å²) in [5.74, 6) is -2.98. The summed E-state index contributed by atoms with van der Waals surface area (Å²) in [6.45, 7) is 9.43. The quantitative estimate of drug-likeness (QED) is 0.222. The highest BCUT2D eigenvalue weighted by atomic mass is 16.5. The van der Waals surface area contributed by atoms with E-state index in [0.29, 0.717) is 32.2 Å². The summed E-state index contributed by atoms with van der Waals surface area (Å²) in [4.78, 5) is 59.1. The normalized spacial score (nSPS) is 28.3. The second-order valence-corrected chi connectivity index (χ2v) is 13.1. The molecule has 3 heterocycles. The number of esters is 1. The topological polar surface area (TPSA) is 125 Å². The van der Waals surface area contributed by atoms with E-state index < -0.39 is 47.6 Å². The number of amides is 3.